The third-order valence-corrected chi connectivity index (χ3v) is 4.04. The molecule has 106 valence electrons. The third kappa shape index (κ3) is 3.18. The number of furan rings is 1. The van der Waals surface area contributed by atoms with Crippen LogP contribution in [0.1, 0.15) is 49.1 Å². The molecule has 0 spiro atoms. The minimum Gasteiger partial charge on any atom is -0.475 e. The standard InChI is InChI=1S/C15H23NO3/c1-10-7-12(19-13(10)14(17)18)9-16-6-5-11(8-16)15(2,3)4/h7,11H,5-6,8-9H2,1-4H3,(H,17,18). The quantitative estimate of drug-likeness (QED) is 0.912. The molecule has 1 saturated heterocycles. The van der Waals surface area contributed by atoms with Gasteiger partial charge in [0, 0.05) is 12.1 Å². The normalized spacial score (nSPS) is 20.9. The van der Waals surface area contributed by atoms with Crippen LogP contribution in [0.25, 0.3) is 0 Å². The fourth-order valence-electron chi connectivity index (χ4n) is 2.74. The number of hydrogen-bond acceptors (Lipinski definition) is 3. The summed E-state index contributed by atoms with van der Waals surface area (Å²) >= 11 is 0. The Morgan fingerprint density at radius 3 is 2.68 bits per heavy atom. The minimum absolute atomic E-state index is 0.0709. The molecule has 4 nitrogen and oxygen atoms in total. The fourth-order valence-corrected chi connectivity index (χ4v) is 2.74. The van der Waals surface area contributed by atoms with Crippen molar-refractivity contribution in [2.24, 2.45) is 11.3 Å². The summed E-state index contributed by atoms with van der Waals surface area (Å²) in [5.74, 6) is 0.534. The molecule has 0 aromatic carbocycles. The molecule has 1 aliphatic heterocycles. The van der Waals surface area contributed by atoms with Crippen molar-refractivity contribution in [3.05, 3.63) is 23.2 Å². The van der Waals surface area contributed by atoms with Crippen LogP contribution in [0.5, 0.6) is 0 Å². The molecule has 1 fully saturated rings. The van der Waals surface area contributed by atoms with E-state index in [4.69, 9.17) is 9.52 Å². The largest absolute Gasteiger partial charge is 0.475 e. The smallest absolute Gasteiger partial charge is 0.372 e. The third-order valence-electron chi connectivity index (χ3n) is 4.04. The van der Waals surface area contributed by atoms with E-state index in [0.717, 1.165) is 18.8 Å². The number of aromatic carboxylic acids is 1. The molecule has 1 aromatic rings. The van der Waals surface area contributed by atoms with Crippen molar-refractivity contribution in [2.45, 2.75) is 40.7 Å². The molecule has 0 bridgehead atoms. The van der Waals surface area contributed by atoms with Gasteiger partial charge in [0.05, 0.1) is 6.54 Å². The molecule has 19 heavy (non-hydrogen) atoms. The zero-order valence-electron chi connectivity index (χ0n) is 12.2. The van der Waals surface area contributed by atoms with Gasteiger partial charge in [0.25, 0.3) is 0 Å². The first-order chi connectivity index (χ1) is 8.77. The SMILES string of the molecule is Cc1cc(CN2CCC(C(C)(C)C)C2)oc1C(=O)O. The topological polar surface area (TPSA) is 53.7 Å². The lowest BCUT2D eigenvalue weighted by Crippen LogP contribution is -2.25. The van der Waals surface area contributed by atoms with Gasteiger partial charge in [-0.1, -0.05) is 20.8 Å². The molecule has 1 unspecified atom stereocenters. The molecule has 2 heterocycles. The maximum absolute atomic E-state index is 10.9. The Bertz CT molecular complexity index is 470. The van der Waals surface area contributed by atoms with Crippen molar-refractivity contribution in [1.82, 2.24) is 4.90 Å². The van der Waals surface area contributed by atoms with Crippen LogP contribution in [0.4, 0.5) is 0 Å². The first-order valence-electron chi connectivity index (χ1n) is 6.82. The summed E-state index contributed by atoms with van der Waals surface area (Å²) in [7, 11) is 0. The Morgan fingerprint density at radius 2 is 2.21 bits per heavy atom. The van der Waals surface area contributed by atoms with Crippen LogP contribution in [0, 0.1) is 18.3 Å². The Kier molecular flexibility index (Phi) is 3.72. The Labute approximate surface area is 114 Å². The number of carbonyl (C=O) groups is 1. The lowest BCUT2D eigenvalue weighted by Gasteiger charge is -2.26. The van der Waals surface area contributed by atoms with Gasteiger partial charge >= 0.3 is 5.97 Å². The van der Waals surface area contributed by atoms with Crippen LogP contribution in [-0.4, -0.2) is 29.1 Å². The highest BCUT2D eigenvalue weighted by Crippen LogP contribution is 2.34. The predicted molar refractivity (Wildman–Crippen MR) is 73.2 cm³/mol. The van der Waals surface area contributed by atoms with Crippen molar-refractivity contribution >= 4 is 5.97 Å². The van der Waals surface area contributed by atoms with Crippen LogP contribution in [0.15, 0.2) is 10.5 Å². The average molecular weight is 265 g/mol. The van der Waals surface area contributed by atoms with Gasteiger partial charge in [-0.3, -0.25) is 4.90 Å². The van der Waals surface area contributed by atoms with E-state index in [0.29, 0.717) is 23.4 Å². The van der Waals surface area contributed by atoms with E-state index in [1.54, 1.807) is 6.92 Å². The molecule has 1 N–H and O–H groups in total. The van der Waals surface area contributed by atoms with Crippen molar-refractivity contribution in [3.8, 4) is 0 Å². The summed E-state index contributed by atoms with van der Waals surface area (Å²) in [6.07, 6.45) is 1.20. The van der Waals surface area contributed by atoms with Crippen LogP contribution >= 0.6 is 0 Å². The summed E-state index contributed by atoms with van der Waals surface area (Å²) in [5.41, 5.74) is 1.04. The van der Waals surface area contributed by atoms with Crippen molar-refractivity contribution < 1.29 is 14.3 Å². The Hall–Kier alpha value is -1.29. The summed E-state index contributed by atoms with van der Waals surface area (Å²) in [6.45, 7) is 11.4. The van der Waals surface area contributed by atoms with Gasteiger partial charge in [0.15, 0.2) is 0 Å². The second kappa shape index (κ2) is 5.00. The number of nitrogens with zero attached hydrogens (tertiary/aromatic N) is 1. The average Bonchev–Trinajstić information content (AvgIpc) is 2.85. The minimum atomic E-state index is -0.988. The fraction of sp³-hybridized carbons (Fsp3) is 0.667. The number of carboxylic acids is 1. The van der Waals surface area contributed by atoms with E-state index in [9.17, 15) is 4.79 Å². The lowest BCUT2D eigenvalue weighted by molar-refractivity contribution is 0.0657. The highest BCUT2D eigenvalue weighted by atomic mass is 16.4. The summed E-state index contributed by atoms with van der Waals surface area (Å²) in [5, 5.41) is 8.98. The molecule has 0 radical (unpaired) electrons. The second-order valence-electron chi connectivity index (χ2n) is 6.62. The second-order valence-corrected chi connectivity index (χ2v) is 6.62. The summed E-state index contributed by atoms with van der Waals surface area (Å²) < 4.78 is 5.42. The van der Waals surface area contributed by atoms with E-state index < -0.39 is 5.97 Å². The van der Waals surface area contributed by atoms with Crippen LogP contribution in [0.3, 0.4) is 0 Å². The van der Waals surface area contributed by atoms with Crippen LogP contribution in [-0.2, 0) is 6.54 Å². The van der Waals surface area contributed by atoms with Gasteiger partial charge in [0.1, 0.15) is 5.76 Å². The maximum atomic E-state index is 10.9. The molecular weight excluding hydrogens is 242 g/mol. The Morgan fingerprint density at radius 1 is 1.53 bits per heavy atom. The molecule has 0 amide bonds. The van der Waals surface area contributed by atoms with Gasteiger partial charge in [-0.15, -0.1) is 0 Å². The number of rotatable bonds is 3. The molecule has 1 atom stereocenters. The monoisotopic (exact) mass is 265 g/mol. The van der Waals surface area contributed by atoms with E-state index >= 15 is 0 Å². The van der Waals surface area contributed by atoms with Gasteiger partial charge in [0.2, 0.25) is 5.76 Å². The molecular formula is C15H23NO3. The Balaban J connectivity index is 2.00. The van der Waals surface area contributed by atoms with Crippen LogP contribution in [0.2, 0.25) is 0 Å². The van der Waals surface area contributed by atoms with Gasteiger partial charge < -0.3 is 9.52 Å². The van der Waals surface area contributed by atoms with Gasteiger partial charge in [-0.2, -0.15) is 0 Å². The first-order valence-corrected chi connectivity index (χ1v) is 6.82. The van der Waals surface area contributed by atoms with Gasteiger partial charge in [-0.25, -0.2) is 4.79 Å². The molecule has 4 heteroatoms. The van der Waals surface area contributed by atoms with Crippen LogP contribution < -0.4 is 0 Å². The maximum Gasteiger partial charge on any atom is 0.372 e. The van der Waals surface area contributed by atoms with Gasteiger partial charge in [-0.05, 0) is 37.3 Å². The first kappa shape index (κ1) is 14.1. The number of aryl methyl sites for hydroxylation is 1. The van der Waals surface area contributed by atoms with E-state index in [1.807, 2.05) is 6.07 Å². The molecule has 0 saturated carbocycles. The highest BCUT2D eigenvalue weighted by molar-refractivity contribution is 5.86. The molecule has 1 aliphatic rings. The highest BCUT2D eigenvalue weighted by Gasteiger charge is 2.32. The van der Waals surface area contributed by atoms with Crippen molar-refractivity contribution in [3.63, 3.8) is 0 Å². The number of carboxylic acid groups (broad SMARTS) is 1. The van der Waals surface area contributed by atoms with Crippen molar-refractivity contribution in [1.29, 1.82) is 0 Å². The number of likely N-dealkylation sites (tertiary alicyclic amines) is 1. The van der Waals surface area contributed by atoms with Crippen molar-refractivity contribution in [2.75, 3.05) is 13.1 Å². The lowest BCUT2D eigenvalue weighted by atomic mass is 9.80. The molecule has 2 rings (SSSR count). The zero-order valence-corrected chi connectivity index (χ0v) is 12.2. The summed E-state index contributed by atoms with van der Waals surface area (Å²) in [6, 6.07) is 1.84. The summed E-state index contributed by atoms with van der Waals surface area (Å²) in [4.78, 5) is 13.3. The molecule has 1 aromatic heterocycles. The number of hydrogen-bond donors (Lipinski definition) is 1. The van der Waals surface area contributed by atoms with E-state index in [2.05, 4.69) is 25.7 Å². The predicted octanol–water partition coefficient (Wildman–Crippen LogP) is 3.15. The zero-order chi connectivity index (χ0) is 14.2. The molecule has 0 aliphatic carbocycles. The van der Waals surface area contributed by atoms with E-state index in [-0.39, 0.29) is 5.76 Å². The van der Waals surface area contributed by atoms with E-state index in [1.165, 1.54) is 6.42 Å².